The van der Waals surface area contributed by atoms with Crippen LogP contribution in [0.2, 0.25) is 0 Å². The molecule has 0 aliphatic carbocycles. The number of carbonyl (C=O) groups excluding carboxylic acids is 1. The minimum atomic E-state index is 0.254. The van der Waals surface area contributed by atoms with E-state index in [9.17, 15) is 4.79 Å². The molecule has 0 radical (unpaired) electrons. The third kappa shape index (κ3) is 6.56. The highest BCUT2D eigenvalue weighted by molar-refractivity contribution is 5.93. The monoisotopic (exact) mass is 182 g/mol. The van der Waals surface area contributed by atoms with E-state index >= 15 is 0 Å². The van der Waals surface area contributed by atoms with Crippen molar-refractivity contribution in [2.45, 2.75) is 59.3 Å². The van der Waals surface area contributed by atoms with Gasteiger partial charge in [0.2, 0.25) is 0 Å². The summed E-state index contributed by atoms with van der Waals surface area (Å²) in [5.74, 6) is 0.254. The highest BCUT2D eigenvalue weighted by Crippen LogP contribution is 2.10. The predicted octanol–water partition coefficient (Wildman–Crippen LogP) is 3.88. The van der Waals surface area contributed by atoms with Crippen LogP contribution in [-0.2, 0) is 4.79 Å². The number of carbonyl (C=O) groups is 1. The molecule has 0 atom stereocenters. The molecule has 0 bridgehead atoms. The lowest BCUT2D eigenvalue weighted by Crippen LogP contribution is -1.96. The minimum absolute atomic E-state index is 0.254. The van der Waals surface area contributed by atoms with E-state index in [0.29, 0.717) is 0 Å². The number of hydrogen-bond donors (Lipinski definition) is 0. The van der Waals surface area contributed by atoms with Gasteiger partial charge in [-0.3, -0.25) is 4.79 Å². The zero-order valence-corrected chi connectivity index (χ0v) is 9.23. The van der Waals surface area contributed by atoms with Gasteiger partial charge in [0.25, 0.3) is 0 Å². The molecule has 0 unspecified atom stereocenters. The van der Waals surface area contributed by atoms with Crippen molar-refractivity contribution >= 4 is 5.78 Å². The Morgan fingerprint density at radius 3 is 2.23 bits per heavy atom. The first-order valence-electron chi connectivity index (χ1n) is 5.42. The third-order valence-corrected chi connectivity index (χ3v) is 2.20. The average Bonchev–Trinajstić information content (AvgIpc) is 2.10. The molecule has 0 fully saturated rings. The van der Waals surface area contributed by atoms with Crippen LogP contribution in [0.15, 0.2) is 11.6 Å². The van der Waals surface area contributed by atoms with Crippen molar-refractivity contribution in [2.24, 2.45) is 0 Å². The molecule has 0 amide bonds. The first kappa shape index (κ1) is 12.4. The SMILES string of the molecule is CCCC/C=C(\CCCC)C(C)=O. The topological polar surface area (TPSA) is 17.1 Å². The lowest BCUT2D eigenvalue weighted by molar-refractivity contribution is -0.113. The quantitative estimate of drug-likeness (QED) is 0.431. The maximum atomic E-state index is 11.2. The van der Waals surface area contributed by atoms with Crippen LogP contribution in [0.25, 0.3) is 0 Å². The van der Waals surface area contributed by atoms with E-state index in [4.69, 9.17) is 0 Å². The fourth-order valence-corrected chi connectivity index (χ4v) is 1.27. The van der Waals surface area contributed by atoms with Crippen molar-refractivity contribution in [3.05, 3.63) is 11.6 Å². The summed E-state index contributed by atoms with van der Waals surface area (Å²) in [6.07, 6.45) is 8.86. The molecule has 0 aromatic carbocycles. The molecule has 0 aliphatic rings. The van der Waals surface area contributed by atoms with Crippen LogP contribution < -0.4 is 0 Å². The first-order chi connectivity index (χ1) is 6.22. The van der Waals surface area contributed by atoms with Gasteiger partial charge in [-0.15, -0.1) is 0 Å². The molecule has 0 aromatic rings. The van der Waals surface area contributed by atoms with Crippen molar-refractivity contribution in [1.82, 2.24) is 0 Å². The molecular weight excluding hydrogens is 160 g/mol. The molecule has 0 saturated heterocycles. The van der Waals surface area contributed by atoms with Crippen LogP contribution >= 0.6 is 0 Å². The molecule has 13 heavy (non-hydrogen) atoms. The fraction of sp³-hybridized carbons (Fsp3) is 0.750. The maximum absolute atomic E-state index is 11.2. The lowest BCUT2D eigenvalue weighted by atomic mass is 10.0. The smallest absolute Gasteiger partial charge is 0.155 e. The molecule has 0 N–H and O–H groups in total. The molecule has 0 saturated carbocycles. The van der Waals surface area contributed by atoms with Crippen LogP contribution in [0.3, 0.4) is 0 Å². The van der Waals surface area contributed by atoms with Gasteiger partial charge in [0, 0.05) is 0 Å². The largest absolute Gasteiger partial charge is 0.295 e. The zero-order chi connectivity index (χ0) is 10.1. The first-order valence-corrected chi connectivity index (χ1v) is 5.42. The van der Waals surface area contributed by atoms with Crippen LogP contribution in [0.5, 0.6) is 0 Å². The summed E-state index contributed by atoms with van der Waals surface area (Å²) in [5.41, 5.74) is 1.04. The van der Waals surface area contributed by atoms with E-state index in [1.54, 1.807) is 6.92 Å². The van der Waals surface area contributed by atoms with Crippen molar-refractivity contribution in [2.75, 3.05) is 0 Å². The Hall–Kier alpha value is -0.590. The van der Waals surface area contributed by atoms with Gasteiger partial charge in [0.1, 0.15) is 0 Å². The maximum Gasteiger partial charge on any atom is 0.155 e. The van der Waals surface area contributed by atoms with Gasteiger partial charge in [0.05, 0.1) is 0 Å². The van der Waals surface area contributed by atoms with Crippen LogP contribution in [0.1, 0.15) is 59.3 Å². The van der Waals surface area contributed by atoms with Gasteiger partial charge < -0.3 is 0 Å². The number of unbranched alkanes of at least 4 members (excludes halogenated alkanes) is 3. The zero-order valence-electron chi connectivity index (χ0n) is 9.23. The van der Waals surface area contributed by atoms with Crippen LogP contribution in [-0.4, -0.2) is 5.78 Å². The molecular formula is C12H22O. The summed E-state index contributed by atoms with van der Waals surface area (Å²) in [6, 6.07) is 0. The van der Waals surface area contributed by atoms with Gasteiger partial charge >= 0.3 is 0 Å². The number of allylic oxidation sites excluding steroid dienone is 2. The van der Waals surface area contributed by atoms with Crippen LogP contribution in [0.4, 0.5) is 0 Å². The van der Waals surface area contributed by atoms with E-state index in [1.165, 1.54) is 19.3 Å². The number of rotatable bonds is 7. The third-order valence-electron chi connectivity index (χ3n) is 2.20. The van der Waals surface area contributed by atoms with E-state index in [-0.39, 0.29) is 5.78 Å². The summed E-state index contributed by atoms with van der Waals surface area (Å²) < 4.78 is 0. The number of Topliss-reactive ketones (excluding diaryl/α,β-unsaturated/α-hetero) is 1. The lowest BCUT2D eigenvalue weighted by Gasteiger charge is -2.01. The second-order valence-electron chi connectivity index (χ2n) is 3.53. The molecule has 0 rings (SSSR count). The number of ketones is 1. The second-order valence-corrected chi connectivity index (χ2v) is 3.53. The van der Waals surface area contributed by atoms with E-state index in [2.05, 4.69) is 19.9 Å². The summed E-state index contributed by atoms with van der Waals surface area (Å²) in [7, 11) is 0. The van der Waals surface area contributed by atoms with Crippen molar-refractivity contribution in [3.63, 3.8) is 0 Å². The highest BCUT2D eigenvalue weighted by atomic mass is 16.1. The van der Waals surface area contributed by atoms with E-state index < -0.39 is 0 Å². The molecule has 0 aromatic heterocycles. The van der Waals surface area contributed by atoms with Crippen molar-refractivity contribution < 1.29 is 4.79 Å². The Bertz CT molecular complexity index is 168. The molecule has 0 aliphatic heterocycles. The normalized spacial score (nSPS) is 11.8. The average molecular weight is 182 g/mol. The molecule has 76 valence electrons. The summed E-state index contributed by atoms with van der Waals surface area (Å²) in [4.78, 5) is 11.2. The summed E-state index contributed by atoms with van der Waals surface area (Å²) in [5, 5.41) is 0. The van der Waals surface area contributed by atoms with Crippen molar-refractivity contribution in [3.8, 4) is 0 Å². The van der Waals surface area contributed by atoms with Gasteiger partial charge in [-0.2, -0.15) is 0 Å². The van der Waals surface area contributed by atoms with E-state index in [1.807, 2.05) is 0 Å². The molecule has 0 heterocycles. The highest BCUT2D eigenvalue weighted by Gasteiger charge is 2.01. The van der Waals surface area contributed by atoms with E-state index in [0.717, 1.165) is 24.8 Å². The van der Waals surface area contributed by atoms with Gasteiger partial charge in [-0.25, -0.2) is 0 Å². The second kappa shape index (κ2) is 8.03. The van der Waals surface area contributed by atoms with Gasteiger partial charge in [-0.05, 0) is 31.8 Å². The molecule has 0 spiro atoms. The predicted molar refractivity (Wildman–Crippen MR) is 57.8 cm³/mol. The standard InChI is InChI=1S/C12H22O/c1-4-6-8-10-12(11(3)13)9-7-5-2/h10H,4-9H2,1-3H3/b12-10+. The fourth-order valence-electron chi connectivity index (χ4n) is 1.27. The van der Waals surface area contributed by atoms with Gasteiger partial charge in [-0.1, -0.05) is 39.2 Å². The Labute approximate surface area is 82.2 Å². The summed E-state index contributed by atoms with van der Waals surface area (Å²) in [6.45, 7) is 6.00. The Morgan fingerprint density at radius 2 is 1.77 bits per heavy atom. The number of hydrogen-bond acceptors (Lipinski definition) is 1. The van der Waals surface area contributed by atoms with Gasteiger partial charge in [0.15, 0.2) is 5.78 Å². The minimum Gasteiger partial charge on any atom is -0.295 e. The molecule has 1 heteroatoms. The Balaban J connectivity index is 3.92. The Morgan fingerprint density at radius 1 is 1.15 bits per heavy atom. The summed E-state index contributed by atoms with van der Waals surface area (Å²) >= 11 is 0. The molecule has 1 nitrogen and oxygen atoms in total. The van der Waals surface area contributed by atoms with Crippen LogP contribution in [0, 0.1) is 0 Å². The van der Waals surface area contributed by atoms with Crippen molar-refractivity contribution in [1.29, 1.82) is 0 Å². The Kier molecular flexibility index (Phi) is 7.66.